The number of carbonyl (C=O) groups is 2. The highest BCUT2D eigenvalue weighted by atomic mass is 16.2. The van der Waals surface area contributed by atoms with Gasteiger partial charge < -0.3 is 15.1 Å². The van der Waals surface area contributed by atoms with E-state index in [1.165, 1.54) is 0 Å². The van der Waals surface area contributed by atoms with E-state index in [-0.39, 0.29) is 23.5 Å². The third-order valence-corrected chi connectivity index (χ3v) is 7.34. The zero-order valence-corrected chi connectivity index (χ0v) is 21.5. The number of nitrogens with one attached hydrogen (secondary N) is 1. The number of hydrogen-bond acceptors (Lipinski definition) is 4. The summed E-state index contributed by atoms with van der Waals surface area (Å²) in [6.07, 6.45) is 0.183. The molecule has 1 saturated heterocycles. The normalized spacial score (nSPS) is 18.2. The van der Waals surface area contributed by atoms with Crippen LogP contribution in [-0.4, -0.2) is 37.9 Å². The van der Waals surface area contributed by atoms with Crippen LogP contribution in [0.25, 0.3) is 0 Å². The van der Waals surface area contributed by atoms with Crippen molar-refractivity contribution >= 4 is 23.1 Å². The van der Waals surface area contributed by atoms with Crippen LogP contribution in [0.2, 0.25) is 0 Å². The third kappa shape index (κ3) is 4.80. The van der Waals surface area contributed by atoms with Gasteiger partial charge in [-0.05, 0) is 40.3 Å². The fourth-order valence-electron chi connectivity index (χ4n) is 5.43. The Bertz CT molecular complexity index is 1260. The molecule has 0 bridgehead atoms. The summed E-state index contributed by atoms with van der Waals surface area (Å²) in [5.41, 5.74) is 5.56. The molecule has 3 aromatic rings. The average Bonchev–Trinajstić information content (AvgIpc) is 2.90. The second-order valence-electron chi connectivity index (χ2n) is 10.9. The first-order chi connectivity index (χ1) is 17.3. The molecule has 1 unspecified atom stereocenters. The van der Waals surface area contributed by atoms with E-state index in [2.05, 4.69) is 43.1 Å². The van der Waals surface area contributed by atoms with Crippen LogP contribution in [-0.2, 0) is 16.8 Å². The molecule has 0 saturated carbocycles. The van der Waals surface area contributed by atoms with Crippen molar-refractivity contribution in [3.63, 3.8) is 0 Å². The number of anilines is 2. The van der Waals surface area contributed by atoms with Crippen molar-refractivity contribution in [3.8, 4) is 0 Å². The molecule has 2 aliphatic heterocycles. The van der Waals surface area contributed by atoms with Gasteiger partial charge in [-0.25, -0.2) is 0 Å². The first-order valence-corrected chi connectivity index (χ1v) is 12.9. The van der Waals surface area contributed by atoms with E-state index in [1.807, 2.05) is 65.6 Å². The number of benzene rings is 3. The maximum absolute atomic E-state index is 14.1. The molecule has 0 spiro atoms. The van der Waals surface area contributed by atoms with Crippen molar-refractivity contribution in [3.05, 3.63) is 95.1 Å². The lowest BCUT2D eigenvalue weighted by atomic mass is 9.77. The van der Waals surface area contributed by atoms with Gasteiger partial charge >= 0.3 is 0 Å². The summed E-state index contributed by atoms with van der Waals surface area (Å²) in [6.45, 7) is 10.6. The monoisotopic (exact) mass is 481 g/mol. The molecule has 0 aromatic heterocycles. The van der Waals surface area contributed by atoms with Crippen LogP contribution in [0.3, 0.4) is 0 Å². The summed E-state index contributed by atoms with van der Waals surface area (Å²) in [6, 6.07) is 24.2. The highest BCUT2D eigenvalue weighted by Gasteiger charge is 2.37. The Kier molecular flexibility index (Phi) is 6.67. The first-order valence-electron chi connectivity index (χ1n) is 12.9. The Labute approximate surface area is 214 Å². The molecule has 5 heteroatoms. The number of ketones is 1. The van der Waals surface area contributed by atoms with E-state index in [9.17, 15) is 9.59 Å². The van der Waals surface area contributed by atoms with Gasteiger partial charge in [0.15, 0.2) is 5.78 Å². The lowest BCUT2D eigenvalue weighted by molar-refractivity contribution is -0.119. The van der Waals surface area contributed by atoms with Crippen molar-refractivity contribution in [1.29, 1.82) is 0 Å². The molecule has 1 N–H and O–H groups in total. The molecule has 2 heterocycles. The quantitative estimate of drug-likeness (QED) is 0.503. The largest absolute Gasteiger partial charge is 0.369 e. The summed E-state index contributed by atoms with van der Waals surface area (Å²) < 4.78 is 0. The Hall–Kier alpha value is -3.44. The zero-order valence-electron chi connectivity index (χ0n) is 21.5. The number of piperazine rings is 1. The summed E-state index contributed by atoms with van der Waals surface area (Å²) in [7, 11) is 0. The van der Waals surface area contributed by atoms with E-state index in [0.717, 1.165) is 59.8 Å². The maximum Gasteiger partial charge on any atom is 0.228 e. The number of fused-ring (bicyclic) bond motifs is 1. The van der Waals surface area contributed by atoms with E-state index >= 15 is 0 Å². The maximum atomic E-state index is 14.1. The molecule has 3 aromatic carbocycles. The van der Waals surface area contributed by atoms with Crippen molar-refractivity contribution in [1.82, 2.24) is 5.32 Å². The molecule has 5 nitrogen and oxygen atoms in total. The van der Waals surface area contributed by atoms with Crippen LogP contribution in [0.15, 0.2) is 72.8 Å². The number of hydrogen-bond donors (Lipinski definition) is 1. The van der Waals surface area contributed by atoms with Gasteiger partial charge in [0.25, 0.3) is 0 Å². The minimum Gasteiger partial charge on any atom is -0.369 e. The molecule has 1 atom stereocenters. The van der Waals surface area contributed by atoms with Crippen LogP contribution in [0.4, 0.5) is 11.4 Å². The Morgan fingerprint density at radius 3 is 2.36 bits per heavy atom. The standard InChI is InChI=1S/C31H35N3O2/c1-31(2,3)27-12-8-7-11-24(27)30(36)26-20-29(35)34(21-22-9-5-4-6-10-22)28-14-13-23(19-25(26)28)33-17-15-32-16-18-33/h4-14,19,26,32H,15-18,20-21H2,1-3H3. The van der Waals surface area contributed by atoms with E-state index in [1.54, 1.807) is 0 Å². The van der Waals surface area contributed by atoms with Crippen molar-refractivity contribution in [2.75, 3.05) is 36.0 Å². The second kappa shape index (κ2) is 9.90. The summed E-state index contributed by atoms with van der Waals surface area (Å²) in [5, 5.41) is 3.41. The van der Waals surface area contributed by atoms with E-state index in [4.69, 9.17) is 0 Å². The summed E-state index contributed by atoms with van der Waals surface area (Å²) in [5.74, 6) is -0.467. The lowest BCUT2D eigenvalue weighted by Crippen LogP contribution is -2.44. The molecule has 0 radical (unpaired) electrons. The highest BCUT2D eigenvalue weighted by Crippen LogP contribution is 2.42. The lowest BCUT2D eigenvalue weighted by Gasteiger charge is -2.36. The topological polar surface area (TPSA) is 52.7 Å². The van der Waals surface area contributed by atoms with Gasteiger partial charge in [0.2, 0.25) is 5.91 Å². The number of Topliss-reactive ketones (excluding diaryl/α,β-unsaturated/α-hetero) is 1. The first kappa shape index (κ1) is 24.3. The van der Waals surface area contributed by atoms with Gasteiger partial charge in [0.1, 0.15) is 0 Å². The van der Waals surface area contributed by atoms with Gasteiger partial charge in [-0.1, -0.05) is 75.4 Å². The number of nitrogens with zero attached hydrogens (tertiary/aromatic N) is 2. The van der Waals surface area contributed by atoms with Gasteiger partial charge in [-0.2, -0.15) is 0 Å². The van der Waals surface area contributed by atoms with Gasteiger partial charge in [0.05, 0.1) is 12.5 Å². The van der Waals surface area contributed by atoms with Crippen molar-refractivity contribution in [2.24, 2.45) is 0 Å². The number of carbonyl (C=O) groups excluding carboxylic acids is 2. The van der Waals surface area contributed by atoms with Gasteiger partial charge in [0, 0.05) is 49.5 Å². The van der Waals surface area contributed by atoms with Crippen molar-refractivity contribution in [2.45, 2.75) is 45.1 Å². The van der Waals surface area contributed by atoms with Gasteiger partial charge in [-0.3, -0.25) is 9.59 Å². The molecule has 1 amide bonds. The number of amides is 1. The minimum absolute atomic E-state index is 0.00661. The molecule has 186 valence electrons. The summed E-state index contributed by atoms with van der Waals surface area (Å²) >= 11 is 0. The Morgan fingerprint density at radius 2 is 1.64 bits per heavy atom. The molecule has 1 fully saturated rings. The smallest absolute Gasteiger partial charge is 0.228 e. The molecular weight excluding hydrogens is 446 g/mol. The fourth-order valence-corrected chi connectivity index (χ4v) is 5.43. The minimum atomic E-state index is -0.495. The van der Waals surface area contributed by atoms with Crippen LogP contribution in [0, 0.1) is 0 Å². The van der Waals surface area contributed by atoms with Crippen molar-refractivity contribution < 1.29 is 9.59 Å². The molecular formula is C31H35N3O2. The molecule has 2 aliphatic rings. The van der Waals surface area contributed by atoms with Crippen LogP contribution < -0.4 is 15.1 Å². The van der Waals surface area contributed by atoms with Gasteiger partial charge in [-0.15, -0.1) is 0 Å². The number of rotatable bonds is 5. The highest BCUT2D eigenvalue weighted by molar-refractivity contribution is 6.09. The zero-order chi connectivity index (χ0) is 25.3. The summed E-state index contributed by atoms with van der Waals surface area (Å²) in [4.78, 5) is 31.9. The fraction of sp³-hybridized carbons (Fsp3) is 0.355. The third-order valence-electron chi connectivity index (χ3n) is 7.34. The second-order valence-corrected chi connectivity index (χ2v) is 10.9. The molecule has 36 heavy (non-hydrogen) atoms. The Morgan fingerprint density at radius 1 is 0.944 bits per heavy atom. The van der Waals surface area contributed by atoms with E-state index in [0.29, 0.717) is 6.54 Å². The van der Waals surface area contributed by atoms with Crippen LogP contribution >= 0.6 is 0 Å². The molecule has 0 aliphatic carbocycles. The predicted molar refractivity (Wildman–Crippen MR) is 146 cm³/mol. The van der Waals surface area contributed by atoms with E-state index < -0.39 is 5.92 Å². The predicted octanol–water partition coefficient (Wildman–Crippen LogP) is 5.30. The Balaban J connectivity index is 1.58. The van der Waals surface area contributed by atoms with Crippen LogP contribution in [0.5, 0.6) is 0 Å². The van der Waals surface area contributed by atoms with Crippen LogP contribution in [0.1, 0.15) is 60.2 Å². The molecule has 5 rings (SSSR count). The SMILES string of the molecule is CC(C)(C)c1ccccc1C(=O)C1CC(=O)N(Cc2ccccc2)c2ccc(N3CCNCC3)cc21. The average molecular weight is 482 g/mol.